The summed E-state index contributed by atoms with van der Waals surface area (Å²) < 4.78 is 5.37. The molecule has 116 valence electrons. The molecule has 4 heteroatoms. The molecule has 0 saturated heterocycles. The number of hydrogen-bond donors (Lipinski definition) is 2. The molecule has 0 aliphatic rings. The van der Waals surface area contributed by atoms with E-state index in [0.717, 1.165) is 16.7 Å². The van der Waals surface area contributed by atoms with Gasteiger partial charge in [0.1, 0.15) is 6.04 Å². The minimum absolute atomic E-state index is 0.376. The van der Waals surface area contributed by atoms with E-state index in [1.165, 1.54) is 0 Å². The minimum Gasteiger partial charge on any atom is -0.377 e. The molecular weight excluding hydrogens is 276 g/mol. The van der Waals surface area contributed by atoms with E-state index in [0.29, 0.717) is 19.8 Å². The molecule has 2 aromatic carbocycles. The third-order valence-corrected chi connectivity index (χ3v) is 3.42. The molecule has 0 spiro atoms. The Morgan fingerprint density at radius 2 is 1.73 bits per heavy atom. The number of nitrogens with one attached hydrogen (secondary N) is 1. The number of ether oxygens (including phenoxy) is 1. The van der Waals surface area contributed by atoms with Crippen molar-refractivity contribution in [3.05, 3.63) is 71.3 Å². The molecule has 1 unspecified atom stereocenters. The van der Waals surface area contributed by atoms with Crippen LogP contribution in [0.2, 0.25) is 0 Å². The van der Waals surface area contributed by atoms with Crippen LogP contribution >= 0.6 is 0 Å². The third kappa shape index (κ3) is 4.69. The lowest BCUT2D eigenvalue weighted by atomic mass is 10.1. The molecule has 0 aromatic heterocycles. The molecule has 3 N–H and O–H groups in total. The van der Waals surface area contributed by atoms with Crippen molar-refractivity contribution in [2.24, 2.45) is 5.73 Å². The van der Waals surface area contributed by atoms with Crippen LogP contribution in [0.25, 0.3) is 0 Å². The highest BCUT2D eigenvalue weighted by Crippen LogP contribution is 2.13. The van der Waals surface area contributed by atoms with Crippen LogP contribution in [0.4, 0.5) is 0 Å². The fourth-order valence-corrected chi connectivity index (χ4v) is 2.22. The van der Waals surface area contributed by atoms with Crippen LogP contribution in [0.5, 0.6) is 0 Å². The monoisotopic (exact) mass is 298 g/mol. The van der Waals surface area contributed by atoms with E-state index in [9.17, 15) is 4.79 Å². The topological polar surface area (TPSA) is 64.3 Å². The number of amides is 1. The van der Waals surface area contributed by atoms with E-state index in [1.807, 2.05) is 61.5 Å². The molecular formula is C18H22N2O2. The van der Waals surface area contributed by atoms with Crippen LogP contribution in [0, 0.1) is 0 Å². The summed E-state index contributed by atoms with van der Waals surface area (Å²) in [7, 11) is 0. The summed E-state index contributed by atoms with van der Waals surface area (Å²) in [6, 6.07) is 17.2. The molecule has 2 aromatic rings. The molecule has 2 rings (SSSR count). The largest absolute Gasteiger partial charge is 0.377 e. The van der Waals surface area contributed by atoms with Crippen LogP contribution in [0.3, 0.4) is 0 Å². The highest BCUT2D eigenvalue weighted by atomic mass is 16.5. The Morgan fingerprint density at radius 3 is 2.32 bits per heavy atom. The maximum Gasteiger partial charge on any atom is 0.239 e. The first-order valence-electron chi connectivity index (χ1n) is 7.44. The maximum atomic E-state index is 11.6. The molecule has 22 heavy (non-hydrogen) atoms. The molecule has 0 aliphatic heterocycles. The number of carbonyl (C=O) groups excluding carboxylic acids is 1. The Kier molecular flexibility index (Phi) is 6.13. The number of carbonyl (C=O) groups is 1. The first-order chi connectivity index (χ1) is 10.7. The lowest BCUT2D eigenvalue weighted by molar-refractivity contribution is -0.120. The second-order valence-corrected chi connectivity index (χ2v) is 5.08. The summed E-state index contributed by atoms with van der Waals surface area (Å²) in [5.41, 5.74) is 8.61. The maximum absolute atomic E-state index is 11.6. The van der Waals surface area contributed by atoms with E-state index in [4.69, 9.17) is 10.5 Å². The number of rotatable bonds is 8. The predicted octanol–water partition coefficient (Wildman–Crippen LogP) is 2.54. The van der Waals surface area contributed by atoms with Crippen molar-refractivity contribution < 1.29 is 9.53 Å². The van der Waals surface area contributed by atoms with E-state index in [-0.39, 0.29) is 5.91 Å². The number of primary amides is 1. The van der Waals surface area contributed by atoms with Gasteiger partial charge < -0.3 is 10.5 Å². The van der Waals surface area contributed by atoms with Gasteiger partial charge in [0.25, 0.3) is 0 Å². The van der Waals surface area contributed by atoms with E-state index >= 15 is 0 Å². The zero-order valence-electron chi connectivity index (χ0n) is 12.8. The second kappa shape index (κ2) is 8.32. The van der Waals surface area contributed by atoms with Gasteiger partial charge in [-0.15, -0.1) is 0 Å². The highest BCUT2D eigenvalue weighted by Gasteiger charge is 2.16. The fraction of sp³-hybridized carbons (Fsp3) is 0.278. The lowest BCUT2D eigenvalue weighted by Gasteiger charge is -2.16. The van der Waals surface area contributed by atoms with Crippen LogP contribution in [-0.4, -0.2) is 12.5 Å². The predicted molar refractivity (Wildman–Crippen MR) is 87.0 cm³/mol. The summed E-state index contributed by atoms with van der Waals surface area (Å²) in [5.74, 6) is -0.376. The zero-order valence-corrected chi connectivity index (χ0v) is 12.8. The molecule has 0 radical (unpaired) electrons. The molecule has 4 nitrogen and oxygen atoms in total. The Morgan fingerprint density at radius 1 is 1.09 bits per heavy atom. The van der Waals surface area contributed by atoms with Gasteiger partial charge in [-0.2, -0.15) is 0 Å². The third-order valence-electron chi connectivity index (χ3n) is 3.42. The van der Waals surface area contributed by atoms with Crippen LogP contribution in [0.15, 0.2) is 54.6 Å². The SMILES string of the molecule is CCOCc1ccc(CNC(C(N)=O)c2ccccc2)cc1. The Hall–Kier alpha value is -2.17. The van der Waals surface area contributed by atoms with Crippen molar-refractivity contribution in [3.8, 4) is 0 Å². The van der Waals surface area contributed by atoms with Crippen LogP contribution in [0.1, 0.15) is 29.7 Å². The summed E-state index contributed by atoms with van der Waals surface area (Å²) >= 11 is 0. The van der Waals surface area contributed by atoms with Gasteiger partial charge in [0.2, 0.25) is 5.91 Å². The average molecular weight is 298 g/mol. The average Bonchev–Trinajstić information content (AvgIpc) is 2.55. The Labute approximate surface area is 131 Å². The van der Waals surface area contributed by atoms with Crippen LogP contribution in [-0.2, 0) is 22.7 Å². The van der Waals surface area contributed by atoms with Crippen molar-refractivity contribution in [3.63, 3.8) is 0 Å². The number of nitrogens with two attached hydrogens (primary N) is 1. The first-order valence-corrected chi connectivity index (χ1v) is 7.44. The van der Waals surface area contributed by atoms with Gasteiger partial charge in [-0.3, -0.25) is 10.1 Å². The van der Waals surface area contributed by atoms with Crippen LogP contribution < -0.4 is 11.1 Å². The van der Waals surface area contributed by atoms with Gasteiger partial charge in [-0.25, -0.2) is 0 Å². The second-order valence-electron chi connectivity index (χ2n) is 5.08. The van der Waals surface area contributed by atoms with E-state index in [2.05, 4.69) is 5.32 Å². The molecule has 0 bridgehead atoms. The molecule has 0 fully saturated rings. The van der Waals surface area contributed by atoms with Gasteiger partial charge in [-0.1, -0.05) is 54.6 Å². The molecule has 1 atom stereocenters. The van der Waals surface area contributed by atoms with Crippen molar-refractivity contribution in [1.82, 2.24) is 5.32 Å². The number of hydrogen-bond acceptors (Lipinski definition) is 3. The quantitative estimate of drug-likeness (QED) is 0.787. The summed E-state index contributed by atoms with van der Waals surface area (Å²) in [6.45, 7) is 3.89. The normalized spacial score (nSPS) is 12.0. The smallest absolute Gasteiger partial charge is 0.239 e. The molecule has 0 aliphatic carbocycles. The molecule has 1 amide bonds. The first kappa shape index (κ1) is 16.2. The van der Waals surface area contributed by atoms with E-state index < -0.39 is 6.04 Å². The Bertz CT molecular complexity index is 582. The number of benzene rings is 2. The van der Waals surface area contributed by atoms with E-state index in [1.54, 1.807) is 0 Å². The zero-order chi connectivity index (χ0) is 15.8. The van der Waals surface area contributed by atoms with Gasteiger partial charge in [0, 0.05) is 13.2 Å². The molecule has 0 heterocycles. The van der Waals surface area contributed by atoms with Crippen molar-refractivity contribution >= 4 is 5.91 Å². The molecule has 0 saturated carbocycles. The standard InChI is InChI=1S/C18H22N2O2/c1-2-22-13-15-10-8-14(9-11-15)12-20-17(18(19)21)16-6-4-3-5-7-16/h3-11,17,20H,2,12-13H2,1H3,(H2,19,21). The fourth-order valence-electron chi connectivity index (χ4n) is 2.22. The highest BCUT2D eigenvalue weighted by molar-refractivity contribution is 5.81. The van der Waals surface area contributed by atoms with Crippen molar-refractivity contribution in [2.45, 2.75) is 26.1 Å². The summed E-state index contributed by atoms with van der Waals surface area (Å²) in [4.78, 5) is 11.6. The van der Waals surface area contributed by atoms with Gasteiger partial charge >= 0.3 is 0 Å². The van der Waals surface area contributed by atoms with Gasteiger partial charge in [-0.05, 0) is 23.6 Å². The minimum atomic E-state index is -0.482. The van der Waals surface area contributed by atoms with Gasteiger partial charge in [0.05, 0.1) is 6.61 Å². The lowest BCUT2D eigenvalue weighted by Crippen LogP contribution is -2.33. The summed E-state index contributed by atoms with van der Waals surface area (Å²) in [6.07, 6.45) is 0. The Balaban J connectivity index is 1.96. The van der Waals surface area contributed by atoms with Gasteiger partial charge in [0.15, 0.2) is 0 Å². The van der Waals surface area contributed by atoms with Crippen molar-refractivity contribution in [1.29, 1.82) is 0 Å². The summed E-state index contributed by atoms with van der Waals surface area (Å²) in [5, 5.41) is 3.21. The van der Waals surface area contributed by atoms with Crippen molar-refractivity contribution in [2.75, 3.05) is 6.61 Å².